The Kier molecular flexibility index (Phi) is 6.22. The van der Waals surface area contributed by atoms with Gasteiger partial charge in [0.2, 0.25) is 11.5 Å². The number of hydrogen-bond acceptors (Lipinski definition) is 10. The highest BCUT2D eigenvalue weighted by molar-refractivity contribution is 7.13. The molecule has 0 aliphatic carbocycles. The van der Waals surface area contributed by atoms with Gasteiger partial charge in [-0.15, -0.1) is 11.3 Å². The number of nitrogens with zero attached hydrogens (tertiary/aromatic N) is 2. The molecule has 37 heavy (non-hydrogen) atoms. The van der Waals surface area contributed by atoms with Gasteiger partial charge in [-0.2, -0.15) is 0 Å². The number of benzene rings is 2. The summed E-state index contributed by atoms with van der Waals surface area (Å²) in [5, 5.41) is 13.6. The third-order valence-electron chi connectivity index (χ3n) is 6.03. The number of fused-ring (bicyclic) bond motifs is 1. The number of aliphatic hydroxyl groups excluding tert-OH is 1. The molecule has 2 aromatic carbocycles. The second kappa shape index (κ2) is 9.51. The molecule has 2 aromatic heterocycles. The first-order valence-electron chi connectivity index (χ1n) is 11.0. The fraction of sp³-hybridized carbons (Fsp3) is 0.192. The molecule has 1 N–H and O–H groups in total. The smallest absolute Gasteiger partial charge is 0.296 e. The van der Waals surface area contributed by atoms with Crippen molar-refractivity contribution in [2.24, 2.45) is 0 Å². The molecular weight excluding hydrogens is 500 g/mol. The summed E-state index contributed by atoms with van der Waals surface area (Å²) in [6.45, 7) is 0. The van der Waals surface area contributed by atoms with Crippen LogP contribution in [0.2, 0.25) is 0 Å². The third-order valence-corrected chi connectivity index (χ3v) is 6.80. The summed E-state index contributed by atoms with van der Waals surface area (Å²) in [4.78, 5) is 32.7. The summed E-state index contributed by atoms with van der Waals surface area (Å²) in [5.41, 5.74) is 0.630. The summed E-state index contributed by atoms with van der Waals surface area (Å²) in [6.07, 6.45) is 1.53. The molecule has 1 aliphatic rings. The highest BCUT2D eigenvalue weighted by Gasteiger charge is 2.47. The number of thiazole rings is 1. The number of anilines is 1. The van der Waals surface area contributed by atoms with Crippen LogP contribution in [0.15, 0.2) is 63.7 Å². The average molecular weight is 523 g/mol. The largest absolute Gasteiger partial charge is 0.503 e. The normalized spacial score (nSPS) is 15.4. The number of carbonyl (C=O) groups is 2. The van der Waals surface area contributed by atoms with E-state index in [0.717, 1.165) is 0 Å². The van der Waals surface area contributed by atoms with Gasteiger partial charge in [-0.25, -0.2) is 4.98 Å². The zero-order valence-electron chi connectivity index (χ0n) is 20.3. The van der Waals surface area contributed by atoms with Crippen LogP contribution in [0.25, 0.3) is 11.0 Å². The van der Waals surface area contributed by atoms with E-state index in [-0.39, 0.29) is 11.3 Å². The Labute approximate surface area is 215 Å². The fourth-order valence-electron chi connectivity index (χ4n) is 4.39. The number of methoxy groups -OCH3 is 4. The van der Waals surface area contributed by atoms with Gasteiger partial charge in [-0.05, 0) is 29.8 Å². The molecule has 3 heterocycles. The van der Waals surface area contributed by atoms with Gasteiger partial charge in [0.1, 0.15) is 0 Å². The molecule has 0 spiro atoms. The number of furan rings is 1. The van der Waals surface area contributed by atoms with Crippen molar-refractivity contribution in [2.45, 2.75) is 6.04 Å². The summed E-state index contributed by atoms with van der Waals surface area (Å²) >= 11 is 1.19. The molecule has 1 atom stereocenters. The van der Waals surface area contributed by atoms with Gasteiger partial charge in [-0.1, -0.05) is 12.1 Å². The molecular formula is C26H22N2O8S. The molecule has 4 aromatic rings. The van der Waals surface area contributed by atoms with Gasteiger partial charge in [0.15, 0.2) is 39.5 Å². The highest BCUT2D eigenvalue weighted by Crippen LogP contribution is 2.47. The summed E-state index contributed by atoms with van der Waals surface area (Å²) in [7, 11) is 5.88. The van der Waals surface area contributed by atoms with Crippen molar-refractivity contribution in [2.75, 3.05) is 33.3 Å². The molecule has 1 amide bonds. The van der Waals surface area contributed by atoms with E-state index in [1.165, 1.54) is 50.9 Å². The molecule has 1 unspecified atom stereocenters. The Morgan fingerprint density at radius 2 is 1.73 bits per heavy atom. The van der Waals surface area contributed by atoms with E-state index in [1.54, 1.807) is 41.8 Å². The molecule has 0 saturated heterocycles. The van der Waals surface area contributed by atoms with Crippen LogP contribution < -0.4 is 23.8 Å². The lowest BCUT2D eigenvalue weighted by atomic mass is 9.94. The lowest BCUT2D eigenvalue weighted by Gasteiger charge is -2.25. The average Bonchev–Trinajstić information content (AvgIpc) is 3.66. The second-order valence-electron chi connectivity index (χ2n) is 7.93. The standard InChI is InChI=1S/C26H22N2O8S/c1-32-15-7-5-6-13-10-16(36-23(13)15)21(29)19-20(28(25(31)22(19)30)26-27-8-9-37-26)14-11-17(33-2)24(35-4)18(12-14)34-3/h5-12,20,30H,1-4H3. The van der Waals surface area contributed by atoms with Crippen LogP contribution in [0.3, 0.4) is 0 Å². The van der Waals surface area contributed by atoms with Crippen molar-refractivity contribution in [3.8, 4) is 23.0 Å². The van der Waals surface area contributed by atoms with Crippen molar-refractivity contribution >= 4 is 39.1 Å². The minimum absolute atomic E-state index is 0.0627. The van der Waals surface area contributed by atoms with E-state index < -0.39 is 23.5 Å². The number of para-hydroxylation sites is 1. The van der Waals surface area contributed by atoms with E-state index in [4.69, 9.17) is 23.4 Å². The first kappa shape index (κ1) is 24.2. The topological polar surface area (TPSA) is 121 Å². The summed E-state index contributed by atoms with van der Waals surface area (Å²) in [5.74, 6) is -0.788. The van der Waals surface area contributed by atoms with Gasteiger partial charge in [0.25, 0.3) is 5.91 Å². The van der Waals surface area contributed by atoms with Crippen LogP contribution in [0.1, 0.15) is 22.2 Å². The zero-order chi connectivity index (χ0) is 26.3. The Morgan fingerprint density at radius 3 is 2.32 bits per heavy atom. The first-order chi connectivity index (χ1) is 17.9. The van der Waals surface area contributed by atoms with E-state index in [0.29, 0.717) is 44.7 Å². The third kappa shape index (κ3) is 3.84. The lowest BCUT2D eigenvalue weighted by Crippen LogP contribution is -2.31. The number of aromatic nitrogens is 1. The van der Waals surface area contributed by atoms with E-state index >= 15 is 0 Å². The molecule has 0 radical (unpaired) electrons. The number of ether oxygens (including phenoxy) is 4. The van der Waals surface area contributed by atoms with Gasteiger partial charge >= 0.3 is 0 Å². The maximum absolute atomic E-state index is 13.9. The van der Waals surface area contributed by atoms with Crippen molar-refractivity contribution < 1.29 is 38.1 Å². The van der Waals surface area contributed by atoms with Crippen LogP contribution in [0.4, 0.5) is 5.13 Å². The predicted octanol–water partition coefficient (Wildman–Crippen LogP) is 4.71. The van der Waals surface area contributed by atoms with Crippen molar-refractivity contribution in [3.05, 3.63) is 70.6 Å². The number of Topliss-reactive ketones (excluding diaryl/α,β-unsaturated/α-hetero) is 1. The van der Waals surface area contributed by atoms with Gasteiger partial charge in [0.05, 0.1) is 40.1 Å². The number of ketones is 1. The predicted molar refractivity (Wildman–Crippen MR) is 135 cm³/mol. The minimum Gasteiger partial charge on any atom is -0.503 e. The Balaban J connectivity index is 1.70. The number of aliphatic hydroxyl groups is 1. The molecule has 190 valence electrons. The van der Waals surface area contributed by atoms with Crippen LogP contribution in [-0.2, 0) is 4.79 Å². The molecule has 0 bridgehead atoms. The summed E-state index contributed by atoms with van der Waals surface area (Å²) < 4.78 is 27.6. The van der Waals surface area contributed by atoms with Crippen LogP contribution in [0, 0.1) is 0 Å². The maximum Gasteiger partial charge on any atom is 0.296 e. The zero-order valence-corrected chi connectivity index (χ0v) is 21.1. The molecule has 11 heteroatoms. The van der Waals surface area contributed by atoms with Crippen molar-refractivity contribution in [3.63, 3.8) is 0 Å². The van der Waals surface area contributed by atoms with Gasteiger partial charge < -0.3 is 28.5 Å². The van der Waals surface area contributed by atoms with E-state index in [2.05, 4.69) is 4.98 Å². The minimum atomic E-state index is -1.06. The molecule has 10 nitrogen and oxygen atoms in total. The SMILES string of the molecule is COc1cc(C2C(C(=O)c3cc4cccc(OC)c4o3)=C(O)C(=O)N2c2nccs2)cc(OC)c1OC. The van der Waals surface area contributed by atoms with Gasteiger partial charge in [0, 0.05) is 17.0 Å². The van der Waals surface area contributed by atoms with E-state index in [9.17, 15) is 14.7 Å². The van der Waals surface area contributed by atoms with Crippen molar-refractivity contribution in [1.82, 2.24) is 4.98 Å². The quantitative estimate of drug-likeness (QED) is 0.328. The van der Waals surface area contributed by atoms with Crippen LogP contribution in [0.5, 0.6) is 23.0 Å². The molecule has 5 rings (SSSR count). The first-order valence-corrected chi connectivity index (χ1v) is 11.9. The Bertz CT molecular complexity index is 1510. The monoisotopic (exact) mass is 522 g/mol. The van der Waals surface area contributed by atoms with E-state index in [1.807, 2.05) is 0 Å². The lowest BCUT2D eigenvalue weighted by molar-refractivity contribution is -0.117. The number of rotatable bonds is 8. The number of hydrogen-bond donors (Lipinski definition) is 1. The Morgan fingerprint density at radius 1 is 1.03 bits per heavy atom. The maximum atomic E-state index is 13.9. The van der Waals surface area contributed by atoms with Gasteiger partial charge in [-0.3, -0.25) is 14.5 Å². The molecule has 1 aliphatic heterocycles. The summed E-state index contributed by atoms with van der Waals surface area (Å²) in [6, 6.07) is 8.96. The fourth-order valence-corrected chi connectivity index (χ4v) is 5.05. The van der Waals surface area contributed by atoms with Crippen LogP contribution in [-0.4, -0.2) is 50.2 Å². The Hall–Kier alpha value is -4.51. The van der Waals surface area contributed by atoms with Crippen LogP contribution >= 0.6 is 11.3 Å². The number of amides is 1. The second-order valence-corrected chi connectivity index (χ2v) is 8.80. The van der Waals surface area contributed by atoms with Crippen molar-refractivity contribution in [1.29, 1.82) is 0 Å². The highest BCUT2D eigenvalue weighted by atomic mass is 32.1. The number of carbonyl (C=O) groups excluding carboxylic acids is 2. The molecule has 0 saturated carbocycles. The molecule has 0 fully saturated rings.